The smallest absolute Gasteiger partial charge is 0.332 e. The van der Waals surface area contributed by atoms with Gasteiger partial charge in [-0.25, -0.2) is 4.79 Å². The van der Waals surface area contributed by atoms with Crippen molar-refractivity contribution in [1.82, 2.24) is 10.5 Å². The predicted molar refractivity (Wildman–Crippen MR) is 120 cm³/mol. The van der Waals surface area contributed by atoms with E-state index >= 15 is 0 Å². The number of hydrogen-bond donors (Lipinski definition) is 1. The van der Waals surface area contributed by atoms with E-state index in [4.69, 9.17) is 4.84 Å². The van der Waals surface area contributed by atoms with Crippen molar-refractivity contribution in [1.29, 1.82) is 0 Å². The molecule has 0 saturated carbocycles. The van der Waals surface area contributed by atoms with Crippen LogP contribution < -0.4 is 5.48 Å². The highest BCUT2D eigenvalue weighted by Gasteiger charge is 2.08. The van der Waals surface area contributed by atoms with Gasteiger partial charge in [-0.15, -0.1) is 0 Å². The molecule has 3 rings (SSSR count). The molecule has 0 spiro atoms. The number of hydroxylamine groups is 1. The van der Waals surface area contributed by atoms with Crippen LogP contribution in [0, 0.1) is 0 Å². The SMILES string of the molecule is O=C(Cc1ccc(CCCCc2ccccc2)cc1)NOC(=O)CCc1cccnc1. The van der Waals surface area contributed by atoms with Crippen LogP contribution in [0.3, 0.4) is 0 Å². The van der Waals surface area contributed by atoms with Gasteiger partial charge in [-0.3, -0.25) is 9.78 Å². The molecule has 0 radical (unpaired) electrons. The number of hydrogen-bond acceptors (Lipinski definition) is 4. The third kappa shape index (κ3) is 8.42. The van der Waals surface area contributed by atoms with Crippen molar-refractivity contribution < 1.29 is 14.4 Å². The number of nitrogens with one attached hydrogen (secondary N) is 1. The lowest BCUT2D eigenvalue weighted by atomic mass is 10.0. The Labute approximate surface area is 183 Å². The molecular formula is C26H28N2O3. The number of benzene rings is 2. The molecule has 0 fully saturated rings. The molecule has 0 bridgehead atoms. The summed E-state index contributed by atoms with van der Waals surface area (Å²) >= 11 is 0. The van der Waals surface area contributed by atoms with Crippen molar-refractivity contribution >= 4 is 11.9 Å². The fraction of sp³-hybridized carbons (Fsp3) is 0.269. The Morgan fingerprint density at radius 3 is 2.06 bits per heavy atom. The largest absolute Gasteiger partial charge is 0.341 e. The summed E-state index contributed by atoms with van der Waals surface area (Å²) < 4.78 is 0. The van der Waals surface area contributed by atoms with Gasteiger partial charge in [-0.05, 0) is 60.4 Å². The summed E-state index contributed by atoms with van der Waals surface area (Å²) in [5.41, 5.74) is 6.71. The van der Waals surface area contributed by atoms with Crippen molar-refractivity contribution in [3.05, 3.63) is 101 Å². The van der Waals surface area contributed by atoms with Gasteiger partial charge in [0.2, 0.25) is 0 Å². The Balaban J connectivity index is 1.31. The topological polar surface area (TPSA) is 68.3 Å². The summed E-state index contributed by atoms with van der Waals surface area (Å²) in [5, 5.41) is 0. The fourth-order valence-electron chi connectivity index (χ4n) is 3.31. The van der Waals surface area contributed by atoms with Gasteiger partial charge in [0.15, 0.2) is 0 Å². The molecule has 1 aromatic heterocycles. The van der Waals surface area contributed by atoms with Crippen LogP contribution >= 0.6 is 0 Å². The van der Waals surface area contributed by atoms with E-state index in [9.17, 15) is 9.59 Å². The van der Waals surface area contributed by atoms with Crippen molar-refractivity contribution in [2.45, 2.75) is 44.9 Å². The Bertz CT molecular complexity index is 941. The van der Waals surface area contributed by atoms with E-state index in [0.717, 1.165) is 36.8 Å². The standard InChI is InChI=1S/C26H28N2O3/c29-25(28-31-26(30)17-16-24-11-6-18-27-20-24)19-23-14-12-22(13-15-23)10-5-4-9-21-7-2-1-3-8-21/h1-3,6-8,11-15,18,20H,4-5,9-10,16-17,19H2,(H,28,29). The lowest BCUT2D eigenvalue weighted by molar-refractivity contribution is -0.158. The number of carbonyl (C=O) groups is 2. The van der Waals surface area contributed by atoms with Crippen LogP contribution in [0.5, 0.6) is 0 Å². The lowest BCUT2D eigenvalue weighted by Crippen LogP contribution is -2.28. The number of aromatic nitrogens is 1. The first kappa shape index (κ1) is 22.2. The molecule has 31 heavy (non-hydrogen) atoms. The van der Waals surface area contributed by atoms with Crippen LogP contribution in [-0.4, -0.2) is 16.9 Å². The lowest BCUT2D eigenvalue weighted by Gasteiger charge is -2.07. The molecule has 1 heterocycles. The summed E-state index contributed by atoms with van der Waals surface area (Å²) in [6.45, 7) is 0. The molecule has 0 aliphatic heterocycles. The molecule has 0 aliphatic rings. The van der Waals surface area contributed by atoms with E-state index < -0.39 is 5.97 Å². The maximum absolute atomic E-state index is 12.0. The van der Waals surface area contributed by atoms with Gasteiger partial charge in [0.1, 0.15) is 0 Å². The molecule has 1 N–H and O–H groups in total. The Kier molecular flexibility index (Phi) is 8.80. The van der Waals surface area contributed by atoms with Crippen LogP contribution in [0.2, 0.25) is 0 Å². The maximum Gasteiger partial charge on any atom is 0.332 e. The molecule has 5 nitrogen and oxygen atoms in total. The number of unbranched alkanes of at least 4 members (excludes halogenated alkanes) is 1. The predicted octanol–water partition coefficient (Wildman–Crippen LogP) is 4.40. The van der Waals surface area contributed by atoms with Gasteiger partial charge in [0, 0.05) is 12.4 Å². The van der Waals surface area contributed by atoms with Crippen molar-refractivity contribution in [2.24, 2.45) is 0 Å². The summed E-state index contributed by atoms with van der Waals surface area (Å²) in [7, 11) is 0. The first-order chi connectivity index (χ1) is 15.2. The van der Waals surface area contributed by atoms with Crippen LogP contribution in [0.15, 0.2) is 79.1 Å². The van der Waals surface area contributed by atoms with Crippen molar-refractivity contribution in [3.8, 4) is 0 Å². The van der Waals surface area contributed by atoms with Gasteiger partial charge < -0.3 is 4.84 Å². The highest BCUT2D eigenvalue weighted by molar-refractivity contribution is 5.79. The first-order valence-electron chi connectivity index (χ1n) is 10.7. The van der Waals surface area contributed by atoms with Crippen LogP contribution in [0.1, 0.15) is 41.5 Å². The second kappa shape index (κ2) is 12.3. The summed E-state index contributed by atoms with van der Waals surface area (Å²) in [6.07, 6.45) is 8.67. The summed E-state index contributed by atoms with van der Waals surface area (Å²) in [4.78, 5) is 32.7. The minimum absolute atomic E-state index is 0.171. The van der Waals surface area contributed by atoms with E-state index in [2.05, 4.69) is 46.9 Å². The molecule has 2 aromatic carbocycles. The number of carbonyl (C=O) groups excluding carboxylic acids is 2. The average Bonchev–Trinajstić information content (AvgIpc) is 2.81. The molecule has 0 saturated heterocycles. The molecule has 160 valence electrons. The normalized spacial score (nSPS) is 10.5. The highest BCUT2D eigenvalue weighted by Crippen LogP contribution is 2.11. The van der Waals surface area contributed by atoms with E-state index in [0.29, 0.717) is 6.42 Å². The zero-order valence-electron chi connectivity index (χ0n) is 17.6. The van der Waals surface area contributed by atoms with Crippen molar-refractivity contribution in [2.75, 3.05) is 0 Å². The van der Waals surface area contributed by atoms with Gasteiger partial charge in [-0.2, -0.15) is 5.48 Å². The Morgan fingerprint density at radius 2 is 1.39 bits per heavy atom. The number of rotatable bonds is 10. The van der Waals surface area contributed by atoms with Crippen LogP contribution in [0.25, 0.3) is 0 Å². The van der Waals surface area contributed by atoms with Gasteiger partial charge >= 0.3 is 5.97 Å². The van der Waals surface area contributed by atoms with E-state index in [1.54, 1.807) is 12.4 Å². The molecule has 0 unspecified atom stereocenters. The number of amides is 1. The van der Waals surface area contributed by atoms with Gasteiger partial charge in [0.05, 0.1) is 12.8 Å². The van der Waals surface area contributed by atoms with Crippen LogP contribution in [-0.2, 0) is 40.1 Å². The monoisotopic (exact) mass is 416 g/mol. The fourth-order valence-corrected chi connectivity index (χ4v) is 3.31. The zero-order valence-corrected chi connectivity index (χ0v) is 17.6. The molecule has 1 amide bonds. The summed E-state index contributed by atoms with van der Waals surface area (Å²) in [5.74, 6) is -0.812. The molecule has 0 atom stereocenters. The minimum Gasteiger partial charge on any atom is -0.341 e. The Hall–Kier alpha value is -3.47. The zero-order chi connectivity index (χ0) is 21.7. The number of nitrogens with zero attached hydrogens (tertiary/aromatic N) is 1. The second-order valence-electron chi connectivity index (χ2n) is 7.55. The van der Waals surface area contributed by atoms with Crippen LogP contribution in [0.4, 0.5) is 0 Å². The quantitative estimate of drug-likeness (QED) is 0.393. The maximum atomic E-state index is 12.0. The first-order valence-corrected chi connectivity index (χ1v) is 10.7. The highest BCUT2D eigenvalue weighted by atomic mass is 16.7. The van der Waals surface area contributed by atoms with E-state index in [1.807, 2.05) is 30.3 Å². The number of pyridine rings is 1. The van der Waals surface area contributed by atoms with Crippen molar-refractivity contribution in [3.63, 3.8) is 0 Å². The third-order valence-corrected chi connectivity index (χ3v) is 5.03. The van der Waals surface area contributed by atoms with E-state index in [-0.39, 0.29) is 18.7 Å². The van der Waals surface area contributed by atoms with Gasteiger partial charge in [-0.1, -0.05) is 60.7 Å². The van der Waals surface area contributed by atoms with E-state index in [1.165, 1.54) is 11.1 Å². The summed E-state index contributed by atoms with van der Waals surface area (Å²) in [6, 6.07) is 22.3. The Morgan fingerprint density at radius 1 is 0.742 bits per heavy atom. The molecule has 5 heteroatoms. The number of aryl methyl sites for hydroxylation is 3. The molecular weight excluding hydrogens is 388 g/mol. The second-order valence-corrected chi connectivity index (χ2v) is 7.55. The average molecular weight is 417 g/mol. The third-order valence-electron chi connectivity index (χ3n) is 5.03. The minimum atomic E-state index is -0.469. The molecule has 0 aliphatic carbocycles. The van der Waals surface area contributed by atoms with Gasteiger partial charge in [0.25, 0.3) is 5.91 Å². The molecule has 3 aromatic rings.